The average molecular weight is 479 g/mol. The van der Waals surface area contributed by atoms with Gasteiger partial charge in [0.2, 0.25) is 0 Å². The first-order valence-electron chi connectivity index (χ1n) is 9.98. The second-order valence-corrected chi connectivity index (χ2v) is 7.72. The fourth-order valence-electron chi connectivity index (χ4n) is 3.77. The van der Waals surface area contributed by atoms with E-state index in [1.165, 1.54) is 36.7 Å². The van der Waals surface area contributed by atoms with Crippen LogP contribution in [0.3, 0.4) is 0 Å². The quantitative estimate of drug-likeness (QED) is 0.428. The molecule has 0 spiro atoms. The van der Waals surface area contributed by atoms with Crippen molar-refractivity contribution in [2.75, 3.05) is 0 Å². The minimum atomic E-state index is -4.53. The van der Waals surface area contributed by atoms with E-state index in [2.05, 4.69) is 10.1 Å². The van der Waals surface area contributed by atoms with Crippen molar-refractivity contribution in [1.29, 1.82) is 0 Å². The summed E-state index contributed by atoms with van der Waals surface area (Å²) in [7, 11) is 0. The van der Waals surface area contributed by atoms with Crippen molar-refractivity contribution in [3.05, 3.63) is 101 Å². The second kappa shape index (κ2) is 8.52. The minimum absolute atomic E-state index is 0.164. The van der Waals surface area contributed by atoms with E-state index in [1.54, 1.807) is 0 Å². The Kier molecular flexibility index (Phi) is 5.86. The largest absolute Gasteiger partial charge is 0.416 e. The van der Waals surface area contributed by atoms with Crippen molar-refractivity contribution in [2.24, 2.45) is 0 Å². The van der Waals surface area contributed by atoms with E-state index in [4.69, 9.17) is 0 Å². The Morgan fingerprint density at radius 2 is 1.76 bits per heavy atom. The van der Waals surface area contributed by atoms with Gasteiger partial charge in [-0.25, -0.2) is 23.2 Å². The average Bonchev–Trinajstić information content (AvgIpc) is 3.42. The van der Waals surface area contributed by atoms with Crippen LogP contribution < -0.4 is 5.69 Å². The predicted molar refractivity (Wildman–Crippen MR) is 110 cm³/mol. The highest BCUT2D eigenvalue weighted by atomic mass is 19.4. The van der Waals surface area contributed by atoms with Crippen molar-refractivity contribution >= 4 is 0 Å². The molecule has 0 amide bonds. The first kappa shape index (κ1) is 23.4. The first-order valence-corrected chi connectivity index (χ1v) is 9.98. The number of nitrogens with zero attached hydrogens (tertiary/aromatic N) is 5. The van der Waals surface area contributed by atoms with Gasteiger partial charge in [0, 0.05) is 24.0 Å². The molecular formula is C22H18F5N5O2. The highest BCUT2D eigenvalue weighted by Crippen LogP contribution is 2.36. The number of benzene rings is 2. The number of rotatable bonds is 6. The third-order valence-corrected chi connectivity index (χ3v) is 5.65. The van der Waals surface area contributed by atoms with E-state index in [-0.39, 0.29) is 17.8 Å². The van der Waals surface area contributed by atoms with Crippen molar-refractivity contribution < 1.29 is 27.1 Å². The van der Waals surface area contributed by atoms with E-state index >= 15 is 0 Å². The fourth-order valence-corrected chi connectivity index (χ4v) is 3.77. The van der Waals surface area contributed by atoms with Gasteiger partial charge in [-0.3, -0.25) is 9.13 Å². The van der Waals surface area contributed by atoms with Crippen molar-refractivity contribution in [3.8, 4) is 5.69 Å². The molecule has 2 atom stereocenters. The number of imidazole rings is 1. The summed E-state index contributed by atoms with van der Waals surface area (Å²) in [5.41, 5.74) is -3.75. The van der Waals surface area contributed by atoms with Gasteiger partial charge in [0.25, 0.3) is 0 Å². The molecule has 0 saturated carbocycles. The van der Waals surface area contributed by atoms with Crippen LogP contribution in [0, 0.1) is 11.6 Å². The van der Waals surface area contributed by atoms with E-state index in [0.29, 0.717) is 6.07 Å². The summed E-state index contributed by atoms with van der Waals surface area (Å²) in [5.74, 6) is -1.87. The third kappa shape index (κ3) is 4.23. The van der Waals surface area contributed by atoms with E-state index in [1.807, 2.05) is 0 Å². The molecule has 0 aliphatic heterocycles. The molecule has 0 aliphatic carbocycles. The summed E-state index contributed by atoms with van der Waals surface area (Å²) in [6, 6.07) is 5.53. The van der Waals surface area contributed by atoms with Crippen LogP contribution in [0.4, 0.5) is 22.0 Å². The van der Waals surface area contributed by atoms with Crippen molar-refractivity contribution in [3.63, 3.8) is 0 Å². The minimum Gasteiger partial charge on any atom is -0.381 e. The summed E-state index contributed by atoms with van der Waals surface area (Å²) in [4.78, 5) is 16.9. The second-order valence-electron chi connectivity index (χ2n) is 7.72. The molecule has 2 aromatic heterocycles. The molecule has 34 heavy (non-hydrogen) atoms. The molecule has 0 unspecified atom stereocenters. The lowest BCUT2D eigenvalue weighted by Crippen LogP contribution is -2.43. The van der Waals surface area contributed by atoms with Gasteiger partial charge in [0.1, 0.15) is 29.9 Å². The molecule has 0 saturated heterocycles. The molecule has 0 bridgehead atoms. The molecule has 1 N–H and O–H groups in total. The zero-order valence-corrected chi connectivity index (χ0v) is 17.6. The standard InChI is InChI=1S/C22H18F5N5O2/c1-14(21(34,11-30-13-28-12-29-30)18-7-4-16(23)10-19(18)24)31-8-9-32(20(31)33)17-5-2-15(3-6-17)22(25,26)27/h2-10,12-14,34H,11H2,1H3/t14-,21-/m1/s1. The maximum absolute atomic E-state index is 14.7. The van der Waals surface area contributed by atoms with E-state index in [0.717, 1.165) is 45.5 Å². The van der Waals surface area contributed by atoms with Crippen LogP contribution in [0.25, 0.3) is 5.69 Å². The van der Waals surface area contributed by atoms with Crippen molar-refractivity contribution in [1.82, 2.24) is 23.9 Å². The van der Waals surface area contributed by atoms with Gasteiger partial charge in [-0.15, -0.1) is 0 Å². The molecule has 12 heteroatoms. The smallest absolute Gasteiger partial charge is 0.381 e. The normalized spacial score (nSPS) is 14.7. The fraction of sp³-hybridized carbons (Fsp3) is 0.227. The van der Waals surface area contributed by atoms with Crippen LogP contribution in [-0.4, -0.2) is 29.0 Å². The summed E-state index contributed by atoms with van der Waals surface area (Å²) in [6.45, 7) is 1.13. The number of hydrogen-bond donors (Lipinski definition) is 1. The predicted octanol–water partition coefficient (Wildman–Crippen LogP) is 3.68. The van der Waals surface area contributed by atoms with Gasteiger partial charge in [0.15, 0.2) is 0 Å². The maximum atomic E-state index is 14.7. The molecule has 7 nitrogen and oxygen atoms in total. The lowest BCUT2D eigenvalue weighted by molar-refractivity contribution is -0.137. The first-order chi connectivity index (χ1) is 16.0. The monoisotopic (exact) mass is 479 g/mol. The molecular weight excluding hydrogens is 461 g/mol. The van der Waals surface area contributed by atoms with Gasteiger partial charge >= 0.3 is 11.9 Å². The van der Waals surface area contributed by atoms with E-state index < -0.39 is 40.7 Å². The molecule has 0 aliphatic rings. The van der Waals surface area contributed by atoms with Crippen LogP contribution >= 0.6 is 0 Å². The van der Waals surface area contributed by atoms with Crippen molar-refractivity contribution in [2.45, 2.75) is 31.3 Å². The Morgan fingerprint density at radius 1 is 1.06 bits per heavy atom. The lowest BCUT2D eigenvalue weighted by Gasteiger charge is -2.35. The lowest BCUT2D eigenvalue weighted by atomic mass is 9.86. The van der Waals surface area contributed by atoms with Gasteiger partial charge in [-0.1, -0.05) is 6.07 Å². The molecule has 4 rings (SSSR count). The molecule has 2 heterocycles. The molecule has 4 aromatic rings. The number of aromatic nitrogens is 5. The summed E-state index contributed by atoms with van der Waals surface area (Å²) >= 11 is 0. The SMILES string of the molecule is C[C@@H](n1ccn(-c2ccc(C(F)(F)F)cc2)c1=O)[C@](O)(Cn1cncn1)c1ccc(F)cc1F. The molecule has 2 aromatic carbocycles. The Hall–Kier alpha value is -3.80. The highest BCUT2D eigenvalue weighted by Gasteiger charge is 2.41. The number of hydrogen-bond acceptors (Lipinski definition) is 4. The molecule has 0 radical (unpaired) electrons. The summed E-state index contributed by atoms with van der Waals surface area (Å²) in [6.07, 6.45) is 0.604. The number of alkyl halides is 3. The topological polar surface area (TPSA) is 77.9 Å². The molecule has 178 valence electrons. The summed E-state index contributed by atoms with van der Waals surface area (Å²) < 4.78 is 70.2. The van der Waals surface area contributed by atoms with Crippen LogP contribution in [0.5, 0.6) is 0 Å². The van der Waals surface area contributed by atoms with Gasteiger partial charge in [-0.05, 0) is 37.3 Å². The van der Waals surface area contributed by atoms with Crippen LogP contribution in [-0.2, 0) is 18.3 Å². The number of halogens is 5. The Labute approximate surface area is 189 Å². The van der Waals surface area contributed by atoms with Crippen LogP contribution in [0.15, 0.2) is 72.3 Å². The third-order valence-electron chi connectivity index (χ3n) is 5.65. The zero-order chi connectivity index (χ0) is 24.7. The summed E-state index contributed by atoms with van der Waals surface area (Å²) in [5, 5.41) is 15.6. The maximum Gasteiger partial charge on any atom is 0.416 e. The molecule has 0 fully saturated rings. The highest BCUT2D eigenvalue weighted by molar-refractivity contribution is 5.36. The van der Waals surface area contributed by atoms with E-state index in [9.17, 15) is 31.9 Å². The van der Waals surface area contributed by atoms with Crippen LogP contribution in [0.2, 0.25) is 0 Å². The Morgan fingerprint density at radius 3 is 2.35 bits per heavy atom. The Bertz CT molecular complexity index is 1350. The van der Waals surface area contributed by atoms with Gasteiger partial charge in [-0.2, -0.15) is 18.3 Å². The van der Waals surface area contributed by atoms with Crippen LogP contribution in [0.1, 0.15) is 24.1 Å². The zero-order valence-electron chi connectivity index (χ0n) is 17.6. The van der Waals surface area contributed by atoms with Gasteiger partial charge in [0.05, 0.1) is 23.8 Å². The number of aliphatic hydroxyl groups is 1. The Balaban J connectivity index is 1.76. The van der Waals surface area contributed by atoms with Gasteiger partial charge < -0.3 is 5.11 Å².